The summed E-state index contributed by atoms with van der Waals surface area (Å²) in [6.07, 6.45) is 5.31. The van der Waals surface area contributed by atoms with E-state index in [0.29, 0.717) is 18.8 Å². The molecule has 0 atom stereocenters. The minimum Gasteiger partial charge on any atom is -0.349 e. The predicted molar refractivity (Wildman–Crippen MR) is 122 cm³/mol. The lowest BCUT2D eigenvalue weighted by atomic mass is 10.1. The fraction of sp³-hybridized carbons (Fsp3) is 0.320. The molecule has 0 aliphatic heterocycles. The molecule has 4 aromatic rings. The Morgan fingerprint density at radius 3 is 2.65 bits per heavy atom. The number of aromatic nitrogens is 4. The normalized spacial score (nSPS) is 13.7. The molecule has 0 saturated carbocycles. The number of rotatable bonds is 5. The molecule has 2 heterocycles. The number of benzene rings is 2. The van der Waals surface area contributed by atoms with Crippen molar-refractivity contribution in [2.45, 2.75) is 45.6 Å². The van der Waals surface area contributed by atoms with Crippen LogP contribution >= 0.6 is 0 Å². The summed E-state index contributed by atoms with van der Waals surface area (Å²) in [6.45, 7) is 3.22. The molecule has 0 fully saturated rings. The summed E-state index contributed by atoms with van der Waals surface area (Å²) in [4.78, 5) is 17.7. The fourth-order valence-electron chi connectivity index (χ4n) is 4.58. The number of carbonyl (C=O) groups excluding carboxylic acids is 1. The molecular formula is C25H27N5O. The van der Waals surface area contributed by atoms with E-state index in [9.17, 15) is 4.79 Å². The van der Waals surface area contributed by atoms with Gasteiger partial charge >= 0.3 is 0 Å². The number of carbonyl (C=O) groups is 1. The Balaban J connectivity index is 1.38. The highest BCUT2D eigenvalue weighted by Gasteiger charge is 2.24. The van der Waals surface area contributed by atoms with Crippen molar-refractivity contribution in [1.29, 1.82) is 0 Å². The Labute approximate surface area is 181 Å². The van der Waals surface area contributed by atoms with E-state index < -0.39 is 0 Å². The number of aryl methyl sites for hydroxylation is 1. The van der Waals surface area contributed by atoms with Gasteiger partial charge in [0.05, 0.1) is 16.7 Å². The molecule has 1 amide bonds. The van der Waals surface area contributed by atoms with Gasteiger partial charge in [-0.05, 0) is 56.9 Å². The number of hydrogen-bond acceptors (Lipinski definition) is 3. The molecule has 1 N–H and O–H groups in total. The highest BCUT2D eigenvalue weighted by atomic mass is 16.2. The second-order valence-electron chi connectivity index (χ2n) is 8.14. The topological polar surface area (TPSA) is 64.7 Å². The molecule has 31 heavy (non-hydrogen) atoms. The minimum atomic E-state index is -0.0881. The van der Waals surface area contributed by atoms with Gasteiger partial charge in [0, 0.05) is 24.3 Å². The molecule has 0 unspecified atom stereocenters. The summed E-state index contributed by atoms with van der Waals surface area (Å²) in [7, 11) is 0. The molecule has 0 spiro atoms. The molecule has 158 valence electrons. The third-order valence-electron chi connectivity index (χ3n) is 6.11. The van der Waals surface area contributed by atoms with Crippen LogP contribution in [0.3, 0.4) is 0 Å². The molecule has 2 aromatic heterocycles. The Morgan fingerprint density at radius 2 is 1.77 bits per heavy atom. The Kier molecular flexibility index (Phi) is 5.28. The number of amides is 1. The van der Waals surface area contributed by atoms with Crippen LogP contribution in [-0.4, -0.2) is 31.8 Å². The van der Waals surface area contributed by atoms with Gasteiger partial charge in [0.15, 0.2) is 5.69 Å². The number of hydrogen-bond donors (Lipinski definition) is 1. The van der Waals surface area contributed by atoms with Crippen LogP contribution in [0.2, 0.25) is 0 Å². The number of para-hydroxylation sites is 3. The Bertz CT molecular complexity index is 1220. The average molecular weight is 414 g/mol. The Hall–Kier alpha value is -3.41. The largest absolute Gasteiger partial charge is 0.349 e. The van der Waals surface area contributed by atoms with E-state index in [-0.39, 0.29) is 5.91 Å². The van der Waals surface area contributed by atoms with Crippen LogP contribution in [0.15, 0.2) is 54.6 Å². The van der Waals surface area contributed by atoms with E-state index in [1.807, 2.05) is 60.1 Å². The number of nitrogens with one attached hydrogen (secondary N) is 1. The van der Waals surface area contributed by atoms with Crippen molar-refractivity contribution in [3.8, 4) is 5.69 Å². The van der Waals surface area contributed by atoms with Crippen molar-refractivity contribution >= 4 is 16.9 Å². The van der Waals surface area contributed by atoms with Gasteiger partial charge in [0.1, 0.15) is 5.82 Å². The van der Waals surface area contributed by atoms with Crippen LogP contribution in [0, 0.1) is 6.92 Å². The average Bonchev–Trinajstić information content (AvgIpc) is 3.21. The maximum atomic E-state index is 13.1. The summed E-state index contributed by atoms with van der Waals surface area (Å²) >= 11 is 0. The monoisotopic (exact) mass is 413 g/mol. The first-order chi connectivity index (χ1) is 15.2. The van der Waals surface area contributed by atoms with Crippen molar-refractivity contribution in [1.82, 2.24) is 24.6 Å². The first kappa shape index (κ1) is 19.5. The van der Waals surface area contributed by atoms with Gasteiger partial charge in [0.25, 0.3) is 5.91 Å². The summed E-state index contributed by atoms with van der Waals surface area (Å²) < 4.78 is 4.13. The summed E-state index contributed by atoms with van der Waals surface area (Å²) in [5.41, 5.74) is 5.97. The van der Waals surface area contributed by atoms with Gasteiger partial charge in [-0.2, -0.15) is 5.10 Å². The lowest BCUT2D eigenvalue weighted by Gasteiger charge is -2.08. The van der Waals surface area contributed by atoms with E-state index >= 15 is 0 Å². The van der Waals surface area contributed by atoms with Gasteiger partial charge in [0.2, 0.25) is 0 Å². The van der Waals surface area contributed by atoms with E-state index in [1.54, 1.807) is 0 Å². The van der Waals surface area contributed by atoms with Crippen molar-refractivity contribution in [3.63, 3.8) is 0 Å². The SMILES string of the molecule is Cc1nc2ccccc2n1CCNC(=O)c1nn(-c2ccccc2)c2c1CCCCC2. The molecule has 1 aliphatic carbocycles. The predicted octanol–water partition coefficient (Wildman–Crippen LogP) is 4.23. The molecule has 0 bridgehead atoms. The van der Waals surface area contributed by atoms with Crippen LogP contribution in [0.5, 0.6) is 0 Å². The summed E-state index contributed by atoms with van der Waals surface area (Å²) in [5.74, 6) is 0.868. The maximum absolute atomic E-state index is 13.1. The molecule has 6 heteroatoms. The first-order valence-electron chi connectivity index (χ1n) is 11.1. The fourth-order valence-corrected chi connectivity index (χ4v) is 4.58. The molecular weight excluding hydrogens is 386 g/mol. The zero-order valence-corrected chi connectivity index (χ0v) is 17.8. The minimum absolute atomic E-state index is 0.0881. The van der Waals surface area contributed by atoms with Crippen molar-refractivity contribution < 1.29 is 4.79 Å². The van der Waals surface area contributed by atoms with Crippen LogP contribution in [-0.2, 0) is 19.4 Å². The number of imidazole rings is 1. The second-order valence-corrected chi connectivity index (χ2v) is 8.14. The molecule has 0 saturated heterocycles. The van der Waals surface area contributed by atoms with Gasteiger partial charge in [-0.3, -0.25) is 4.79 Å². The van der Waals surface area contributed by atoms with Gasteiger partial charge in [-0.1, -0.05) is 36.8 Å². The van der Waals surface area contributed by atoms with E-state index in [0.717, 1.165) is 53.8 Å². The van der Waals surface area contributed by atoms with Crippen molar-refractivity contribution in [2.24, 2.45) is 0 Å². The van der Waals surface area contributed by atoms with Crippen LogP contribution in [0.4, 0.5) is 0 Å². The smallest absolute Gasteiger partial charge is 0.272 e. The summed E-state index contributed by atoms with van der Waals surface area (Å²) in [6, 6.07) is 18.2. The lowest BCUT2D eigenvalue weighted by molar-refractivity contribution is 0.0946. The number of fused-ring (bicyclic) bond motifs is 2. The third kappa shape index (κ3) is 3.74. The van der Waals surface area contributed by atoms with E-state index in [2.05, 4.69) is 20.9 Å². The number of nitrogens with zero attached hydrogens (tertiary/aromatic N) is 4. The third-order valence-corrected chi connectivity index (χ3v) is 6.11. The lowest BCUT2D eigenvalue weighted by Crippen LogP contribution is -2.28. The van der Waals surface area contributed by atoms with Gasteiger partial charge in [-0.25, -0.2) is 9.67 Å². The highest BCUT2D eigenvalue weighted by Crippen LogP contribution is 2.26. The molecule has 1 aliphatic rings. The highest BCUT2D eigenvalue weighted by molar-refractivity contribution is 5.94. The molecule has 6 nitrogen and oxygen atoms in total. The van der Waals surface area contributed by atoms with Gasteiger partial charge in [-0.15, -0.1) is 0 Å². The molecule has 0 radical (unpaired) electrons. The van der Waals surface area contributed by atoms with Crippen molar-refractivity contribution in [3.05, 3.63) is 77.4 Å². The summed E-state index contributed by atoms with van der Waals surface area (Å²) in [5, 5.41) is 7.87. The zero-order chi connectivity index (χ0) is 21.2. The second kappa shape index (κ2) is 8.38. The van der Waals surface area contributed by atoms with Gasteiger partial charge < -0.3 is 9.88 Å². The van der Waals surface area contributed by atoms with Crippen molar-refractivity contribution in [2.75, 3.05) is 6.54 Å². The van der Waals surface area contributed by atoms with Crippen LogP contribution in [0.25, 0.3) is 16.7 Å². The van der Waals surface area contributed by atoms with E-state index in [1.165, 1.54) is 12.1 Å². The standard InChI is InChI=1S/C25H27N5O/c1-18-27-21-13-8-9-15-23(21)29(18)17-16-26-25(31)24-20-12-6-3-7-14-22(20)30(28-24)19-10-4-2-5-11-19/h2,4-5,8-11,13,15H,3,6-7,12,14,16-17H2,1H3,(H,26,31). The molecule has 5 rings (SSSR count). The van der Waals surface area contributed by atoms with Crippen LogP contribution < -0.4 is 5.32 Å². The maximum Gasteiger partial charge on any atom is 0.272 e. The quantitative estimate of drug-likeness (QED) is 0.498. The Morgan fingerprint density at radius 1 is 1.00 bits per heavy atom. The van der Waals surface area contributed by atoms with Crippen LogP contribution in [0.1, 0.15) is 46.8 Å². The molecule has 2 aromatic carbocycles. The zero-order valence-electron chi connectivity index (χ0n) is 17.8. The van der Waals surface area contributed by atoms with E-state index in [4.69, 9.17) is 5.10 Å². The first-order valence-corrected chi connectivity index (χ1v) is 11.1.